The number of carbonyl (C=O) groups excluding carboxylic acids is 4. The second-order valence-electron chi connectivity index (χ2n) is 7.71. The number of carbonyl (C=O) groups is 4. The number of imide groups is 1. The Balaban J connectivity index is 1.65. The van der Waals surface area contributed by atoms with Crippen LogP contribution in [0.3, 0.4) is 0 Å². The van der Waals surface area contributed by atoms with Gasteiger partial charge in [0.05, 0.1) is 11.8 Å². The van der Waals surface area contributed by atoms with Crippen molar-refractivity contribution in [2.24, 2.45) is 11.8 Å². The number of hydrogen-bond donors (Lipinski definition) is 0. The number of amides is 2. The molecule has 6 heteroatoms. The Kier molecular flexibility index (Phi) is 5.96. The molecular weight excluding hydrogens is 358 g/mol. The summed E-state index contributed by atoms with van der Waals surface area (Å²) in [5.41, 5.74) is 1.58. The molecule has 1 heterocycles. The Labute approximate surface area is 165 Å². The maximum Gasteiger partial charge on any atom is 0.329 e. The molecule has 2 fully saturated rings. The smallest absolute Gasteiger partial charge is 0.329 e. The standard InChI is InChI=1S/C22H27NO5/c1-4-15-9-11-16(12-10-15)19(24)14(3)28-22(27)13(2)23-20(25)17-7-5-6-8-18(17)21(23)26/h9-14,17-18H,4-8H2,1-3H3/t13-,14?,17?,18?/m0/s1. The highest BCUT2D eigenvalue weighted by Gasteiger charge is 2.51. The van der Waals surface area contributed by atoms with Crippen molar-refractivity contribution in [3.05, 3.63) is 35.4 Å². The largest absolute Gasteiger partial charge is 0.453 e. The van der Waals surface area contributed by atoms with Crippen molar-refractivity contribution in [3.63, 3.8) is 0 Å². The highest BCUT2D eigenvalue weighted by Crippen LogP contribution is 2.39. The van der Waals surface area contributed by atoms with Gasteiger partial charge in [-0.2, -0.15) is 0 Å². The summed E-state index contributed by atoms with van der Waals surface area (Å²) in [5.74, 6) is -2.23. The summed E-state index contributed by atoms with van der Waals surface area (Å²) in [6.07, 6.45) is 3.12. The molecule has 0 spiro atoms. The van der Waals surface area contributed by atoms with Gasteiger partial charge in [-0.05, 0) is 38.7 Å². The van der Waals surface area contributed by atoms with Gasteiger partial charge in [-0.3, -0.25) is 19.3 Å². The second kappa shape index (κ2) is 8.25. The lowest BCUT2D eigenvalue weighted by Crippen LogP contribution is -2.45. The zero-order valence-electron chi connectivity index (χ0n) is 16.6. The topological polar surface area (TPSA) is 80.8 Å². The molecule has 0 aromatic heterocycles. The molecule has 2 aliphatic rings. The summed E-state index contributed by atoms with van der Waals surface area (Å²) >= 11 is 0. The zero-order valence-corrected chi connectivity index (χ0v) is 16.6. The van der Waals surface area contributed by atoms with E-state index in [4.69, 9.17) is 4.74 Å². The zero-order chi connectivity index (χ0) is 20.4. The van der Waals surface area contributed by atoms with E-state index < -0.39 is 18.1 Å². The van der Waals surface area contributed by atoms with Gasteiger partial charge in [0.25, 0.3) is 0 Å². The summed E-state index contributed by atoms with van der Waals surface area (Å²) in [7, 11) is 0. The van der Waals surface area contributed by atoms with E-state index >= 15 is 0 Å². The van der Waals surface area contributed by atoms with Crippen LogP contribution in [-0.2, 0) is 25.5 Å². The van der Waals surface area contributed by atoms with Crippen molar-refractivity contribution >= 4 is 23.6 Å². The lowest BCUT2D eigenvalue weighted by Gasteiger charge is -2.23. The van der Waals surface area contributed by atoms with Gasteiger partial charge in [0.1, 0.15) is 6.04 Å². The van der Waals surface area contributed by atoms with Crippen LogP contribution in [0.25, 0.3) is 0 Å². The van der Waals surface area contributed by atoms with Crippen LogP contribution < -0.4 is 0 Å². The van der Waals surface area contributed by atoms with Gasteiger partial charge < -0.3 is 4.74 Å². The number of likely N-dealkylation sites (tertiary alicyclic amines) is 1. The molecule has 3 unspecified atom stereocenters. The highest BCUT2D eigenvalue weighted by molar-refractivity contribution is 6.08. The van der Waals surface area contributed by atoms with Crippen LogP contribution >= 0.6 is 0 Å². The van der Waals surface area contributed by atoms with E-state index in [1.807, 2.05) is 19.1 Å². The number of Topliss-reactive ketones (excluding diaryl/α,β-unsaturated/α-hetero) is 1. The molecule has 0 radical (unpaired) electrons. The SMILES string of the molecule is CCc1ccc(C(=O)C(C)OC(=O)[C@H](C)N2C(=O)C3CCCCC3C2=O)cc1. The number of nitrogens with zero attached hydrogens (tertiary/aromatic N) is 1. The molecule has 6 nitrogen and oxygen atoms in total. The van der Waals surface area contributed by atoms with Crippen molar-refractivity contribution < 1.29 is 23.9 Å². The molecule has 1 aromatic carbocycles. The lowest BCUT2D eigenvalue weighted by atomic mass is 9.81. The van der Waals surface area contributed by atoms with Gasteiger partial charge in [-0.1, -0.05) is 44.0 Å². The molecule has 2 amide bonds. The van der Waals surface area contributed by atoms with Crippen molar-refractivity contribution in [2.75, 3.05) is 0 Å². The van der Waals surface area contributed by atoms with Gasteiger partial charge in [0.15, 0.2) is 6.10 Å². The van der Waals surface area contributed by atoms with Gasteiger partial charge in [0, 0.05) is 5.56 Å². The molecule has 1 aromatic rings. The summed E-state index contributed by atoms with van der Waals surface area (Å²) in [4.78, 5) is 51.4. The molecule has 1 aliphatic carbocycles. The fraction of sp³-hybridized carbons (Fsp3) is 0.545. The summed E-state index contributed by atoms with van der Waals surface area (Å²) in [6.45, 7) is 5.02. The van der Waals surface area contributed by atoms with Gasteiger partial charge >= 0.3 is 5.97 Å². The molecule has 4 atom stereocenters. The fourth-order valence-corrected chi connectivity index (χ4v) is 4.14. The van der Waals surface area contributed by atoms with Crippen molar-refractivity contribution in [2.45, 2.75) is 65.0 Å². The average Bonchev–Trinajstić information content (AvgIpc) is 2.97. The van der Waals surface area contributed by atoms with Crippen LogP contribution in [0.2, 0.25) is 0 Å². The number of rotatable bonds is 6. The maximum atomic E-state index is 12.6. The van der Waals surface area contributed by atoms with E-state index in [1.54, 1.807) is 12.1 Å². The molecule has 1 aliphatic heterocycles. The third-order valence-electron chi connectivity index (χ3n) is 5.91. The number of hydrogen-bond acceptors (Lipinski definition) is 5. The second-order valence-corrected chi connectivity index (χ2v) is 7.71. The van der Waals surface area contributed by atoms with Gasteiger partial charge in [-0.15, -0.1) is 0 Å². The molecule has 1 saturated heterocycles. The van der Waals surface area contributed by atoms with Gasteiger partial charge in [0.2, 0.25) is 17.6 Å². The normalized spacial score (nSPS) is 23.9. The molecule has 1 saturated carbocycles. The molecule has 28 heavy (non-hydrogen) atoms. The predicted molar refractivity (Wildman–Crippen MR) is 102 cm³/mol. The molecule has 3 rings (SSSR count). The van der Waals surface area contributed by atoms with Crippen molar-refractivity contribution in [1.82, 2.24) is 4.90 Å². The van der Waals surface area contributed by atoms with E-state index in [1.165, 1.54) is 13.8 Å². The number of fused-ring (bicyclic) bond motifs is 1. The van der Waals surface area contributed by atoms with Gasteiger partial charge in [-0.25, -0.2) is 4.79 Å². The summed E-state index contributed by atoms with van der Waals surface area (Å²) in [6, 6.07) is 6.14. The minimum Gasteiger partial charge on any atom is -0.453 e. The van der Waals surface area contributed by atoms with E-state index in [2.05, 4.69) is 0 Å². The minimum atomic E-state index is -1.02. The number of aryl methyl sites for hydroxylation is 1. The van der Waals surface area contributed by atoms with Crippen molar-refractivity contribution in [3.8, 4) is 0 Å². The first kappa shape index (κ1) is 20.2. The quantitative estimate of drug-likeness (QED) is 0.427. The minimum absolute atomic E-state index is 0.284. The molecular formula is C22H27NO5. The predicted octanol–water partition coefficient (Wildman–Crippen LogP) is 2.93. The monoisotopic (exact) mass is 385 g/mol. The Morgan fingerprint density at radius 2 is 1.57 bits per heavy atom. The first-order chi connectivity index (χ1) is 13.3. The Bertz CT molecular complexity index is 761. The average molecular weight is 385 g/mol. The molecule has 0 N–H and O–H groups in total. The molecule has 150 valence electrons. The number of benzene rings is 1. The van der Waals surface area contributed by atoms with Crippen LogP contribution in [0.4, 0.5) is 0 Å². The first-order valence-electron chi connectivity index (χ1n) is 10.1. The third-order valence-corrected chi connectivity index (χ3v) is 5.91. The number of ketones is 1. The fourth-order valence-electron chi connectivity index (χ4n) is 4.14. The van der Waals surface area contributed by atoms with Crippen LogP contribution in [0.1, 0.15) is 62.4 Å². The molecule has 0 bridgehead atoms. The third kappa shape index (κ3) is 3.73. The first-order valence-corrected chi connectivity index (χ1v) is 10.1. The van der Waals surface area contributed by atoms with E-state index in [0.717, 1.165) is 29.7 Å². The maximum absolute atomic E-state index is 12.6. The van der Waals surface area contributed by atoms with Crippen LogP contribution in [0, 0.1) is 11.8 Å². The van der Waals surface area contributed by atoms with E-state index in [9.17, 15) is 19.2 Å². The van der Waals surface area contributed by atoms with Crippen LogP contribution in [0.15, 0.2) is 24.3 Å². The van der Waals surface area contributed by atoms with Crippen LogP contribution in [0.5, 0.6) is 0 Å². The Morgan fingerprint density at radius 3 is 2.07 bits per heavy atom. The van der Waals surface area contributed by atoms with Crippen molar-refractivity contribution in [1.29, 1.82) is 0 Å². The van der Waals surface area contributed by atoms with E-state index in [0.29, 0.717) is 18.4 Å². The van der Waals surface area contributed by atoms with Crippen LogP contribution in [-0.4, -0.2) is 40.6 Å². The summed E-state index contributed by atoms with van der Waals surface area (Å²) in [5, 5.41) is 0. The number of ether oxygens (including phenoxy) is 1. The highest BCUT2D eigenvalue weighted by atomic mass is 16.5. The summed E-state index contributed by atoms with van der Waals surface area (Å²) < 4.78 is 5.31. The number of esters is 1. The Morgan fingerprint density at radius 1 is 1.04 bits per heavy atom. The van der Waals surface area contributed by atoms with E-state index in [-0.39, 0.29) is 29.4 Å². The lowest BCUT2D eigenvalue weighted by molar-refractivity contribution is -0.159. The Hall–Kier alpha value is -2.50.